The Kier molecular flexibility index (Phi) is 4.15. The number of hydrogen-bond donors (Lipinski definition) is 0. The average Bonchev–Trinajstić information content (AvgIpc) is 2.87. The summed E-state index contributed by atoms with van der Waals surface area (Å²) in [5.74, 6) is 0.0858. The van der Waals surface area contributed by atoms with E-state index in [9.17, 15) is 4.79 Å². The van der Waals surface area contributed by atoms with Gasteiger partial charge in [-0.2, -0.15) is 0 Å². The van der Waals surface area contributed by atoms with Gasteiger partial charge in [0.1, 0.15) is 5.69 Å². The summed E-state index contributed by atoms with van der Waals surface area (Å²) in [6.07, 6.45) is 5.67. The zero-order chi connectivity index (χ0) is 14.8. The number of amides is 1. The molecule has 1 fully saturated rings. The van der Waals surface area contributed by atoms with Crippen molar-refractivity contribution < 1.29 is 4.79 Å². The van der Waals surface area contributed by atoms with Crippen molar-refractivity contribution in [2.24, 2.45) is 0 Å². The van der Waals surface area contributed by atoms with Crippen molar-refractivity contribution in [2.75, 3.05) is 7.05 Å². The molecule has 0 unspecified atom stereocenters. The SMILES string of the molecule is CN(Cc1ccccc1Br)C(=O)c1cccn1C1CCC1. The van der Waals surface area contributed by atoms with E-state index in [-0.39, 0.29) is 5.91 Å². The van der Waals surface area contributed by atoms with Gasteiger partial charge < -0.3 is 9.47 Å². The lowest BCUT2D eigenvalue weighted by Gasteiger charge is -2.29. The molecule has 2 aromatic rings. The van der Waals surface area contributed by atoms with Crippen molar-refractivity contribution in [3.63, 3.8) is 0 Å². The Balaban J connectivity index is 1.76. The molecule has 4 heteroatoms. The summed E-state index contributed by atoms with van der Waals surface area (Å²) in [5.41, 5.74) is 1.92. The highest BCUT2D eigenvalue weighted by Gasteiger charge is 2.24. The van der Waals surface area contributed by atoms with Crippen LogP contribution in [0.2, 0.25) is 0 Å². The molecule has 0 saturated heterocycles. The van der Waals surface area contributed by atoms with E-state index in [0.29, 0.717) is 12.6 Å². The molecular weight excluding hydrogens is 328 g/mol. The molecule has 0 radical (unpaired) electrons. The molecule has 1 aromatic heterocycles. The van der Waals surface area contributed by atoms with Gasteiger partial charge in [-0.25, -0.2) is 0 Å². The molecule has 1 amide bonds. The third-order valence-electron chi connectivity index (χ3n) is 4.18. The van der Waals surface area contributed by atoms with E-state index in [2.05, 4.69) is 20.5 Å². The van der Waals surface area contributed by atoms with Crippen LogP contribution in [0.1, 0.15) is 41.4 Å². The topological polar surface area (TPSA) is 25.2 Å². The summed E-state index contributed by atoms with van der Waals surface area (Å²) in [6.45, 7) is 0.607. The first-order chi connectivity index (χ1) is 10.2. The highest BCUT2D eigenvalue weighted by atomic mass is 79.9. The first-order valence-electron chi connectivity index (χ1n) is 7.32. The Labute approximate surface area is 133 Å². The number of aromatic nitrogens is 1. The number of hydrogen-bond acceptors (Lipinski definition) is 1. The fraction of sp³-hybridized carbons (Fsp3) is 0.353. The van der Waals surface area contributed by atoms with Crippen molar-refractivity contribution >= 4 is 21.8 Å². The quantitative estimate of drug-likeness (QED) is 0.812. The van der Waals surface area contributed by atoms with Gasteiger partial charge in [-0.05, 0) is 43.0 Å². The summed E-state index contributed by atoms with van der Waals surface area (Å²) < 4.78 is 3.18. The summed E-state index contributed by atoms with van der Waals surface area (Å²) in [7, 11) is 1.86. The molecular formula is C17H19BrN2O. The molecule has 3 nitrogen and oxygen atoms in total. The Morgan fingerprint density at radius 2 is 2.05 bits per heavy atom. The molecule has 0 spiro atoms. The van der Waals surface area contributed by atoms with E-state index in [1.807, 2.05) is 49.6 Å². The predicted molar refractivity (Wildman–Crippen MR) is 87.3 cm³/mol. The summed E-state index contributed by atoms with van der Waals surface area (Å²) in [5, 5.41) is 0. The van der Waals surface area contributed by atoms with E-state index in [1.54, 1.807) is 4.90 Å². The number of nitrogens with zero attached hydrogens (tertiary/aromatic N) is 2. The molecule has 0 aliphatic heterocycles. The Morgan fingerprint density at radius 1 is 1.29 bits per heavy atom. The van der Waals surface area contributed by atoms with Crippen LogP contribution < -0.4 is 0 Å². The molecule has 1 heterocycles. The lowest BCUT2D eigenvalue weighted by atomic mass is 9.93. The van der Waals surface area contributed by atoms with Crippen molar-refractivity contribution in [3.05, 3.63) is 58.3 Å². The molecule has 3 rings (SSSR count). The van der Waals surface area contributed by atoms with E-state index < -0.39 is 0 Å². The van der Waals surface area contributed by atoms with Gasteiger partial charge in [0.25, 0.3) is 5.91 Å². The van der Waals surface area contributed by atoms with Crippen molar-refractivity contribution in [1.29, 1.82) is 0 Å². The average molecular weight is 347 g/mol. The Hall–Kier alpha value is -1.55. The van der Waals surface area contributed by atoms with E-state index in [4.69, 9.17) is 0 Å². The Bertz CT molecular complexity index is 646. The number of rotatable bonds is 4. The molecule has 110 valence electrons. The maximum absolute atomic E-state index is 12.7. The molecule has 1 aliphatic rings. The number of halogens is 1. The maximum Gasteiger partial charge on any atom is 0.270 e. The van der Waals surface area contributed by atoms with Crippen LogP contribution in [0.15, 0.2) is 47.1 Å². The minimum atomic E-state index is 0.0858. The fourth-order valence-electron chi connectivity index (χ4n) is 2.71. The summed E-state index contributed by atoms with van der Waals surface area (Å²) in [4.78, 5) is 14.5. The molecule has 1 saturated carbocycles. The lowest BCUT2D eigenvalue weighted by molar-refractivity contribution is 0.0768. The van der Waals surface area contributed by atoms with E-state index in [0.717, 1.165) is 15.7 Å². The van der Waals surface area contributed by atoms with E-state index >= 15 is 0 Å². The zero-order valence-electron chi connectivity index (χ0n) is 12.1. The monoisotopic (exact) mass is 346 g/mol. The van der Waals surface area contributed by atoms with Crippen molar-refractivity contribution in [3.8, 4) is 0 Å². The van der Waals surface area contributed by atoms with E-state index in [1.165, 1.54) is 19.3 Å². The zero-order valence-corrected chi connectivity index (χ0v) is 13.7. The highest BCUT2D eigenvalue weighted by molar-refractivity contribution is 9.10. The van der Waals surface area contributed by atoms with Gasteiger partial charge in [-0.15, -0.1) is 0 Å². The van der Waals surface area contributed by atoms with Crippen LogP contribution in [-0.2, 0) is 6.54 Å². The fourth-order valence-corrected chi connectivity index (χ4v) is 3.12. The third kappa shape index (κ3) is 2.91. The first-order valence-corrected chi connectivity index (χ1v) is 8.12. The van der Waals surface area contributed by atoms with Gasteiger partial charge >= 0.3 is 0 Å². The minimum absolute atomic E-state index is 0.0858. The van der Waals surface area contributed by atoms with Gasteiger partial charge in [0.2, 0.25) is 0 Å². The normalized spacial score (nSPS) is 14.8. The van der Waals surface area contributed by atoms with Crippen molar-refractivity contribution in [2.45, 2.75) is 31.8 Å². The van der Waals surface area contributed by atoms with Crippen LogP contribution in [0.4, 0.5) is 0 Å². The Morgan fingerprint density at radius 3 is 2.71 bits per heavy atom. The standard InChI is InChI=1S/C17H19BrN2O/c1-19(12-13-6-2-3-9-15(13)18)17(21)16-10-5-11-20(16)14-7-4-8-14/h2-3,5-6,9-11,14H,4,7-8,12H2,1H3. The first kappa shape index (κ1) is 14.4. The van der Waals surface area contributed by atoms with Crippen LogP contribution in [0, 0.1) is 0 Å². The van der Waals surface area contributed by atoms with Gasteiger partial charge in [0, 0.05) is 30.3 Å². The lowest BCUT2D eigenvalue weighted by Crippen LogP contribution is -2.30. The van der Waals surface area contributed by atoms with Crippen LogP contribution in [0.5, 0.6) is 0 Å². The van der Waals surface area contributed by atoms with Gasteiger partial charge in [0.15, 0.2) is 0 Å². The smallest absolute Gasteiger partial charge is 0.270 e. The molecule has 1 aliphatic carbocycles. The second-order valence-corrected chi connectivity index (χ2v) is 6.49. The molecule has 0 N–H and O–H groups in total. The summed E-state index contributed by atoms with van der Waals surface area (Å²) >= 11 is 3.54. The highest BCUT2D eigenvalue weighted by Crippen LogP contribution is 2.33. The van der Waals surface area contributed by atoms with Crippen LogP contribution >= 0.6 is 15.9 Å². The molecule has 0 bridgehead atoms. The van der Waals surface area contributed by atoms with Crippen LogP contribution in [-0.4, -0.2) is 22.4 Å². The maximum atomic E-state index is 12.7. The number of carbonyl (C=O) groups excluding carboxylic acids is 1. The second-order valence-electron chi connectivity index (χ2n) is 5.64. The minimum Gasteiger partial charge on any atom is -0.340 e. The summed E-state index contributed by atoms with van der Waals surface area (Å²) in [6, 6.07) is 12.4. The van der Waals surface area contributed by atoms with Crippen molar-refractivity contribution in [1.82, 2.24) is 9.47 Å². The molecule has 0 atom stereocenters. The number of benzene rings is 1. The molecule has 1 aromatic carbocycles. The van der Waals surface area contributed by atoms with Gasteiger partial charge in [-0.3, -0.25) is 4.79 Å². The van der Waals surface area contributed by atoms with Gasteiger partial charge in [0.05, 0.1) is 0 Å². The second kappa shape index (κ2) is 6.06. The number of carbonyl (C=O) groups is 1. The third-order valence-corrected chi connectivity index (χ3v) is 4.95. The largest absolute Gasteiger partial charge is 0.340 e. The van der Waals surface area contributed by atoms with Crippen LogP contribution in [0.3, 0.4) is 0 Å². The van der Waals surface area contributed by atoms with Gasteiger partial charge in [-0.1, -0.05) is 34.1 Å². The van der Waals surface area contributed by atoms with Crippen LogP contribution in [0.25, 0.3) is 0 Å². The predicted octanol–water partition coefficient (Wildman–Crippen LogP) is 4.25. The molecule has 21 heavy (non-hydrogen) atoms.